The zero-order chi connectivity index (χ0) is 16.2. The van der Waals surface area contributed by atoms with Gasteiger partial charge in [0.1, 0.15) is 5.82 Å². The summed E-state index contributed by atoms with van der Waals surface area (Å²) in [5, 5.41) is 11.9. The van der Waals surface area contributed by atoms with E-state index in [1.54, 1.807) is 12.1 Å². The molecule has 122 valence electrons. The summed E-state index contributed by atoms with van der Waals surface area (Å²) in [7, 11) is 0. The number of piperidine rings is 1. The standard InChI is InChI=1S/C15H18FN5OS/c1-11-4-3-7-20(9-11)14(22)10-23-15-17-18-19-21(15)13-6-2-5-12(16)8-13/h2,5-6,8,11H,3-4,7,9-10H2,1H3/t11-/m1/s1. The first-order chi connectivity index (χ1) is 11.1. The number of hydrogen-bond acceptors (Lipinski definition) is 5. The maximum atomic E-state index is 13.3. The van der Waals surface area contributed by atoms with Gasteiger partial charge in [-0.15, -0.1) is 5.10 Å². The molecule has 0 bridgehead atoms. The van der Waals surface area contributed by atoms with Crippen LogP contribution in [0.15, 0.2) is 29.4 Å². The predicted molar refractivity (Wildman–Crippen MR) is 84.8 cm³/mol. The van der Waals surface area contributed by atoms with Gasteiger partial charge >= 0.3 is 0 Å². The number of aromatic nitrogens is 4. The van der Waals surface area contributed by atoms with Crippen molar-refractivity contribution in [1.29, 1.82) is 0 Å². The highest BCUT2D eigenvalue weighted by molar-refractivity contribution is 7.99. The molecule has 1 amide bonds. The van der Waals surface area contributed by atoms with Crippen molar-refractivity contribution in [1.82, 2.24) is 25.1 Å². The summed E-state index contributed by atoms with van der Waals surface area (Å²) in [6, 6.07) is 6.04. The minimum absolute atomic E-state index is 0.0929. The maximum absolute atomic E-state index is 13.3. The number of benzene rings is 1. The number of nitrogens with zero attached hydrogens (tertiary/aromatic N) is 5. The highest BCUT2D eigenvalue weighted by Gasteiger charge is 2.21. The van der Waals surface area contributed by atoms with Gasteiger partial charge in [0.2, 0.25) is 11.1 Å². The number of thioether (sulfide) groups is 1. The van der Waals surface area contributed by atoms with Crippen LogP contribution in [0.2, 0.25) is 0 Å². The van der Waals surface area contributed by atoms with Crippen molar-refractivity contribution in [3.8, 4) is 5.69 Å². The Labute approximate surface area is 138 Å². The fourth-order valence-electron chi connectivity index (χ4n) is 2.67. The van der Waals surface area contributed by atoms with Crippen LogP contribution in [-0.4, -0.2) is 49.9 Å². The van der Waals surface area contributed by atoms with Crippen molar-refractivity contribution >= 4 is 17.7 Å². The van der Waals surface area contributed by atoms with E-state index in [1.165, 1.54) is 35.0 Å². The summed E-state index contributed by atoms with van der Waals surface area (Å²) in [4.78, 5) is 14.2. The molecule has 0 unspecified atom stereocenters. The van der Waals surface area contributed by atoms with E-state index in [-0.39, 0.29) is 17.5 Å². The molecule has 3 rings (SSSR count). The van der Waals surface area contributed by atoms with Gasteiger partial charge in [-0.2, -0.15) is 4.68 Å². The predicted octanol–water partition coefficient (Wildman–Crippen LogP) is 2.15. The fraction of sp³-hybridized carbons (Fsp3) is 0.467. The third-order valence-electron chi connectivity index (χ3n) is 3.83. The molecular weight excluding hydrogens is 317 g/mol. The van der Waals surface area contributed by atoms with E-state index in [4.69, 9.17) is 0 Å². The molecule has 6 nitrogen and oxygen atoms in total. The summed E-state index contributed by atoms with van der Waals surface area (Å²) >= 11 is 1.27. The van der Waals surface area contributed by atoms with Crippen LogP contribution in [0.3, 0.4) is 0 Å². The van der Waals surface area contributed by atoms with Crippen molar-refractivity contribution in [2.45, 2.75) is 24.9 Å². The summed E-state index contributed by atoms with van der Waals surface area (Å²) in [5.41, 5.74) is 0.538. The number of tetrazole rings is 1. The zero-order valence-electron chi connectivity index (χ0n) is 12.9. The molecule has 2 heterocycles. The van der Waals surface area contributed by atoms with E-state index in [0.29, 0.717) is 16.8 Å². The number of carbonyl (C=O) groups is 1. The second kappa shape index (κ2) is 7.08. The topological polar surface area (TPSA) is 63.9 Å². The van der Waals surface area contributed by atoms with Crippen molar-refractivity contribution in [2.75, 3.05) is 18.8 Å². The number of hydrogen-bond donors (Lipinski definition) is 0. The molecular formula is C15H18FN5OS. The van der Waals surface area contributed by atoms with Gasteiger partial charge < -0.3 is 4.90 Å². The number of likely N-dealkylation sites (tertiary alicyclic amines) is 1. The largest absolute Gasteiger partial charge is 0.342 e. The van der Waals surface area contributed by atoms with Crippen LogP contribution in [0.1, 0.15) is 19.8 Å². The second-order valence-electron chi connectivity index (χ2n) is 5.73. The Bertz CT molecular complexity index is 692. The summed E-state index contributed by atoms with van der Waals surface area (Å²) in [6.07, 6.45) is 2.23. The quantitative estimate of drug-likeness (QED) is 0.801. The molecule has 1 saturated heterocycles. The molecule has 1 aromatic carbocycles. The van der Waals surface area contributed by atoms with Crippen LogP contribution in [0, 0.1) is 11.7 Å². The first-order valence-corrected chi connectivity index (χ1v) is 8.57. The van der Waals surface area contributed by atoms with Crippen molar-refractivity contribution < 1.29 is 9.18 Å². The molecule has 1 aliphatic rings. The number of halogens is 1. The lowest BCUT2D eigenvalue weighted by Crippen LogP contribution is -2.40. The average Bonchev–Trinajstić information content (AvgIpc) is 3.01. The van der Waals surface area contributed by atoms with Gasteiger partial charge in [-0.3, -0.25) is 4.79 Å². The van der Waals surface area contributed by atoms with Gasteiger partial charge in [0.15, 0.2) is 0 Å². The number of carbonyl (C=O) groups excluding carboxylic acids is 1. The smallest absolute Gasteiger partial charge is 0.233 e. The van der Waals surface area contributed by atoms with Crippen molar-refractivity contribution in [3.05, 3.63) is 30.1 Å². The molecule has 0 saturated carbocycles. The lowest BCUT2D eigenvalue weighted by molar-refractivity contribution is -0.130. The minimum Gasteiger partial charge on any atom is -0.342 e. The normalized spacial score (nSPS) is 18.2. The first-order valence-electron chi connectivity index (χ1n) is 7.58. The SMILES string of the molecule is C[C@@H]1CCCN(C(=O)CSc2nnnn2-c2cccc(F)c2)C1. The number of rotatable bonds is 4. The highest BCUT2D eigenvalue weighted by Crippen LogP contribution is 2.21. The van der Waals surface area contributed by atoms with Crippen molar-refractivity contribution in [3.63, 3.8) is 0 Å². The molecule has 1 aromatic heterocycles. The lowest BCUT2D eigenvalue weighted by Gasteiger charge is -2.30. The fourth-order valence-corrected chi connectivity index (χ4v) is 3.47. The molecule has 0 N–H and O–H groups in total. The highest BCUT2D eigenvalue weighted by atomic mass is 32.2. The Morgan fingerprint density at radius 2 is 2.35 bits per heavy atom. The molecule has 23 heavy (non-hydrogen) atoms. The molecule has 1 aliphatic heterocycles. The van der Waals surface area contributed by atoms with E-state index < -0.39 is 0 Å². The first kappa shape index (κ1) is 15.9. The van der Waals surface area contributed by atoms with E-state index >= 15 is 0 Å². The van der Waals surface area contributed by atoms with Gasteiger partial charge in [-0.1, -0.05) is 24.8 Å². The van der Waals surface area contributed by atoms with Crippen LogP contribution >= 0.6 is 11.8 Å². The molecule has 2 aromatic rings. The monoisotopic (exact) mass is 335 g/mol. The second-order valence-corrected chi connectivity index (χ2v) is 6.67. The molecule has 0 radical (unpaired) electrons. The Hall–Kier alpha value is -1.96. The van der Waals surface area contributed by atoms with Gasteiger partial charge in [-0.25, -0.2) is 4.39 Å². The molecule has 1 fully saturated rings. The molecule has 0 aliphatic carbocycles. The van der Waals surface area contributed by atoms with Crippen LogP contribution < -0.4 is 0 Å². The molecule has 1 atom stereocenters. The Kier molecular flexibility index (Phi) is 4.90. The lowest BCUT2D eigenvalue weighted by atomic mass is 10.0. The van der Waals surface area contributed by atoms with Gasteiger partial charge in [-0.05, 0) is 47.4 Å². The van der Waals surface area contributed by atoms with Crippen LogP contribution in [0.4, 0.5) is 4.39 Å². The Morgan fingerprint density at radius 1 is 1.48 bits per heavy atom. The Balaban J connectivity index is 1.65. The summed E-state index contributed by atoms with van der Waals surface area (Å²) in [6.45, 7) is 3.80. The van der Waals surface area contributed by atoms with E-state index in [0.717, 1.165) is 19.5 Å². The zero-order valence-corrected chi connectivity index (χ0v) is 13.7. The average molecular weight is 335 g/mol. The van der Waals surface area contributed by atoms with Crippen molar-refractivity contribution in [2.24, 2.45) is 5.92 Å². The van der Waals surface area contributed by atoms with E-state index in [1.807, 2.05) is 4.90 Å². The minimum atomic E-state index is -0.354. The van der Waals surface area contributed by atoms with E-state index in [9.17, 15) is 9.18 Å². The van der Waals surface area contributed by atoms with Gasteiger partial charge in [0, 0.05) is 13.1 Å². The maximum Gasteiger partial charge on any atom is 0.233 e. The van der Waals surface area contributed by atoms with Crippen LogP contribution in [0.5, 0.6) is 0 Å². The summed E-state index contributed by atoms with van der Waals surface area (Å²) < 4.78 is 14.8. The Morgan fingerprint density at radius 3 is 3.13 bits per heavy atom. The summed E-state index contributed by atoms with van der Waals surface area (Å²) in [5.74, 6) is 0.570. The van der Waals surface area contributed by atoms with Gasteiger partial charge in [0.25, 0.3) is 0 Å². The third-order valence-corrected chi connectivity index (χ3v) is 4.73. The van der Waals surface area contributed by atoms with Gasteiger partial charge in [0.05, 0.1) is 11.4 Å². The third kappa shape index (κ3) is 3.87. The number of amides is 1. The van der Waals surface area contributed by atoms with E-state index in [2.05, 4.69) is 22.4 Å². The molecule has 0 spiro atoms. The van der Waals surface area contributed by atoms with Crippen LogP contribution in [-0.2, 0) is 4.79 Å². The van der Waals surface area contributed by atoms with Crippen LogP contribution in [0.25, 0.3) is 5.69 Å². The molecule has 8 heteroatoms.